The maximum atomic E-state index is 13.7. The van der Waals surface area contributed by atoms with E-state index in [4.69, 9.17) is 0 Å². The first kappa shape index (κ1) is 35.6. The van der Waals surface area contributed by atoms with Gasteiger partial charge in [-0.1, -0.05) is 13.8 Å². The van der Waals surface area contributed by atoms with E-state index in [1.54, 1.807) is 17.3 Å². The summed E-state index contributed by atoms with van der Waals surface area (Å²) in [6, 6.07) is 5.97. The lowest BCUT2D eigenvalue weighted by atomic mass is 10.0. The molecule has 0 radical (unpaired) electrons. The van der Waals surface area contributed by atoms with Crippen LogP contribution in [0.4, 0.5) is 51.1 Å². The highest BCUT2D eigenvalue weighted by Gasteiger charge is 2.40. The van der Waals surface area contributed by atoms with Gasteiger partial charge in [0.1, 0.15) is 0 Å². The van der Waals surface area contributed by atoms with Crippen LogP contribution in [0, 0.1) is 0 Å². The number of hydrogen-bond donors (Lipinski definition) is 0. The summed E-state index contributed by atoms with van der Waals surface area (Å²) in [5.74, 6) is 0.0876. The summed E-state index contributed by atoms with van der Waals surface area (Å²) in [5, 5.41) is 0. The molecule has 2 atom stereocenters. The molecular weight excluding hydrogens is 717 g/mol. The number of rotatable bonds is 8. The van der Waals surface area contributed by atoms with Crippen LogP contribution < -0.4 is 9.80 Å². The molecule has 2 aromatic carbocycles. The van der Waals surface area contributed by atoms with Crippen LogP contribution in [-0.2, 0) is 38.5 Å². The Hall–Kier alpha value is -3.75. The molecule has 0 amide bonds. The number of hydrogen-bond acceptors (Lipinski definition) is 4. The van der Waals surface area contributed by atoms with Crippen LogP contribution in [0.15, 0.2) is 65.5 Å². The lowest BCUT2D eigenvalue weighted by Crippen LogP contribution is -2.38. The zero-order valence-electron chi connectivity index (χ0n) is 26.0. The molecule has 48 heavy (non-hydrogen) atoms. The Bertz CT molecular complexity index is 1710. The molecule has 1 aliphatic rings. The van der Waals surface area contributed by atoms with Gasteiger partial charge in [-0.2, -0.15) is 39.5 Å². The minimum Gasteiger partial charge on any atom is -0.366 e. The van der Waals surface area contributed by atoms with E-state index in [-0.39, 0.29) is 41.2 Å². The zero-order chi connectivity index (χ0) is 35.2. The van der Waals surface area contributed by atoms with E-state index in [2.05, 4.69) is 25.9 Å². The average Bonchev–Trinajstić information content (AvgIpc) is 3.61. The molecule has 5 nitrogen and oxygen atoms in total. The maximum Gasteiger partial charge on any atom is 0.416 e. The van der Waals surface area contributed by atoms with Gasteiger partial charge in [-0.3, -0.25) is 0 Å². The number of aryl methyl sites for hydroxylation is 2. The summed E-state index contributed by atoms with van der Waals surface area (Å²) >= 11 is 3.26. The maximum absolute atomic E-state index is 13.7. The minimum atomic E-state index is -5.03. The molecule has 3 heterocycles. The first-order valence-electron chi connectivity index (χ1n) is 15.0. The Balaban J connectivity index is 1.55. The van der Waals surface area contributed by atoms with E-state index in [9.17, 15) is 39.5 Å². The second-order valence-electron chi connectivity index (χ2n) is 11.8. The molecule has 4 aromatic rings. The molecule has 1 saturated heterocycles. The van der Waals surface area contributed by atoms with Gasteiger partial charge in [0, 0.05) is 66.1 Å². The van der Waals surface area contributed by atoms with Crippen LogP contribution in [-0.4, -0.2) is 33.2 Å². The van der Waals surface area contributed by atoms with Crippen molar-refractivity contribution in [3.8, 4) is 11.1 Å². The normalized spacial score (nSPS) is 17.3. The lowest BCUT2D eigenvalue weighted by molar-refractivity contribution is -0.143. The third-order valence-electron chi connectivity index (χ3n) is 8.59. The number of alkyl halides is 9. The van der Waals surface area contributed by atoms with Gasteiger partial charge >= 0.3 is 18.5 Å². The Morgan fingerprint density at radius 3 is 1.92 bits per heavy atom. The van der Waals surface area contributed by atoms with Crippen LogP contribution in [0.3, 0.4) is 0 Å². The van der Waals surface area contributed by atoms with Gasteiger partial charge in [0.25, 0.3) is 0 Å². The minimum absolute atomic E-state index is 0.0795. The van der Waals surface area contributed by atoms with Gasteiger partial charge in [0.05, 0.1) is 28.4 Å². The molecule has 0 spiro atoms. The average molecular weight is 749 g/mol. The molecule has 2 unspecified atom stereocenters. The molecule has 0 aliphatic carbocycles. The van der Waals surface area contributed by atoms with Crippen LogP contribution in [0.2, 0.25) is 0 Å². The predicted molar refractivity (Wildman–Crippen MR) is 167 cm³/mol. The molecule has 15 heteroatoms. The second kappa shape index (κ2) is 13.3. The molecule has 258 valence electrons. The van der Waals surface area contributed by atoms with Crippen molar-refractivity contribution in [1.29, 1.82) is 0 Å². The van der Waals surface area contributed by atoms with Gasteiger partial charge in [0.15, 0.2) is 0 Å². The quantitative estimate of drug-likeness (QED) is 0.168. The van der Waals surface area contributed by atoms with Crippen molar-refractivity contribution in [2.75, 3.05) is 16.3 Å². The van der Waals surface area contributed by atoms with Crippen LogP contribution >= 0.6 is 15.9 Å². The highest BCUT2D eigenvalue weighted by Crippen LogP contribution is 2.41. The third-order valence-corrected chi connectivity index (χ3v) is 9.22. The first-order chi connectivity index (χ1) is 22.4. The number of nitrogens with zero attached hydrogens (tertiary/aromatic N) is 5. The summed E-state index contributed by atoms with van der Waals surface area (Å²) in [6.45, 7) is 3.70. The highest BCUT2D eigenvalue weighted by atomic mass is 79.9. The molecular formula is C33H31BrF9N5. The fraction of sp³-hybridized carbons (Fsp3) is 0.394. The van der Waals surface area contributed by atoms with Crippen LogP contribution in [0.5, 0.6) is 0 Å². The van der Waals surface area contributed by atoms with Gasteiger partial charge in [-0.05, 0) is 83.2 Å². The van der Waals surface area contributed by atoms with Gasteiger partial charge in [-0.15, -0.1) is 0 Å². The van der Waals surface area contributed by atoms with Crippen molar-refractivity contribution >= 4 is 27.6 Å². The third kappa shape index (κ3) is 7.60. The summed E-state index contributed by atoms with van der Waals surface area (Å²) in [6.07, 6.45) is -7.88. The fourth-order valence-electron chi connectivity index (χ4n) is 6.12. The molecule has 1 aliphatic heterocycles. The van der Waals surface area contributed by atoms with E-state index >= 15 is 0 Å². The van der Waals surface area contributed by atoms with Crippen LogP contribution in [0.25, 0.3) is 11.1 Å². The molecule has 0 saturated carbocycles. The Labute approximate surface area is 279 Å². The smallest absolute Gasteiger partial charge is 0.366 e. The monoisotopic (exact) mass is 747 g/mol. The van der Waals surface area contributed by atoms with E-state index in [0.29, 0.717) is 36.2 Å². The predicted octanol–water partition coefficient (Wildman–Crippen LogP) is 9.93. The largest absolute Gasteiger partial charge is 0.416 e. The highest BCUT2D eigenvalue weighted by molar-refractivity contribution is 9.10. The topological polar surface area (TPSA) is 37.2 Å². The number of halogens is 10. The van der Waals surface area contributed by atoms with E-state index in [0.717, 1.165) is 29.8 Å². The van der Waals surface area contributed by atoms with Crippen LogP contribution in [0.1, 0.15) is 54.6 Å². The molecule has 2 aromatic heterocycles. The molecule has 5 rings (SSSR count). The Kier molecular flexibility index (Phi) is 9.84. The Morgan fingerprint density at radius 1 is 0.812 bits per heavy atom. The van der Waals surface area contributed by atoms with Crippen molar-refractivity contribution in [2.45, 2.75) is 70.3 Å². The van der Waals surface area contributed by atoms with Crippen molar-refractivity contribution in [2.24, 2.45) is 7.05 Å². The lowest BCUT2D eigenvalue weighted by Gasteiger charge is -2.30. The SMILES string of the molecule is CCc1cc(-c2cnc(N(Cc3cc(C(F)(F)F)cc(C(F)(F)F)c3)C3CC(CC)N(c4ccc(C(F)(F)F)cc4Br)C3)nc2)cn1C. The van der Waals surface area contributed by atoms with Crippen molar-refractivity contribution < 1.29 is 39.5 Å². The summed E-state index contributed by atoms with van der Waals surface area (Å²) < 4.78 is 125. The van der Waals surface area contributed by atoms with Crippen molar-refractivity contribution in [3.05, 3.63) is 93.5 Å². The first-order valence-corrected chi connectivity index (χ1v) is 15.8. The fourth-order valence-corrected chi connectivity index (χ4v) is 6.73. The molecule has 1 fully saturated rings. The summed E-state index contributed by atoms with van der Waals surface area (Å²) in [5.41, 5.74) is -0.921. The van der Waals surface area contributed by atoms with Gasteiger partial charge in [0.2, 0.25) is 5.95 Å². The second-order valence-corrected chi connectivity index (χ2v) is 12.6. The number of benzene rings is 2. The van der Waals surface area contributed by atoms with E-state index < -0.39 is 41.3 Å². The number of anilines is 2. The van der Waals surface area contributed by atoms with Gasteiger partial charge < -0.3 is 14.4 Å². The van der Waals surface area contributed by atoms with Gasteiger partial charge in [-0.25, -0.2) is 9.97 Å². The van der Waals surface area contributed by atoms with E-state index in [1.807, 2.05) is 42.6 Å². The molecule has 0 N–H and O–H groups in total. The zero-order valence-corrected chi connectivity index (χ0v) is 27.6. The van der Waals surface area contributed by atoms with Crippen molar-refractivity contribution in [3.63, 3.8) is 0 Å². The molecule has 0 bridgehead atoms. The summed E-state index contributed by atoms with van der Waals surface area (Å²) in [4.78, 5) is 12.5. The Morgan fingerprint density at radius 2 is 1.42 bits per heavy atom. The van der Waals surface area contributed by atoms with Crippen molar-refractivity contribution in [1.82, 2.24) is 14.5 Å². The summed E-state index contributed by atoms with van der Waals surface area (Å²) in [7, 11) is 1.90. The number of aromatic nitrogens is 3. The van der Waals surface area contributed by atoms with E-state index in [1.165, 1.54) is 6.07 Å². The standard InChI is InChI=1S/C33H31BrF9N5/c1-4-25-10-20(17-46(25)3)21-14-44-30(45-15-21)48(16-19-8-23(32(38,39)40)11-24(9-19)33(41,42)43)27-13-26(5-2)47(18-27)29-7-6-22(12-28(29)34)31(35,36)37/h6-12,14-15,17,26-27H,4-5,13,16,18H2,1-3H3.